The Kier molecular flexibility index (Phi) is 6.34. The molecule has 6 nitrogen and oxygen atoms in total. The molecule has 2 N–H and O–H groups in total. The summed E-state index contributed by atoms with van der Waals surface area (Å²) in [5, 5.41) is 13.3. The van der Waals surface area contributed by atoms with E-state index in [1.165, 1.54) is 0 Å². The zero-order chi connectivity index (χ0) is 17.7. The topological polar surface area (TPSA) is 72.9 Å². The number of likely N-dealkylation sites (N-methyl/N-ethyl adjacent to an activating group) is 1. The molecule has 1 heterocycles. The Morgan fingerprint density at radius 3 is 2.67 bits per heavy atom. The zero-order valence-electron chi connectivity index (χ0n) is 14.7. The number of nitrogens with one attached hydrogen (secondary N) is 1. The molecule has 2 atom stereocenters. The van der Waals surface area contributed by atoms with Gasteiger partial charge >= 0.3 is 0 Å². The molecule has 1 fully saturated rings. The molecule has 0 aliphatic carbocycles. The van der Waals surface area contributed by atoms with Crippen molar-refractivity contribution < 1.29 is 14.7 Å². The molecule has 132 valence electrons. The van der Waals surface area contributed by atoms with Gasteiger partial charge in [-0.25, -0.2) is 0 Å². The first-order chi connectivity index (χ1) is 11.4. The van der Waals surface area contributed by atoms with Crippen LogP contribution in [0.25, 0.3) is 0 Å². The highest BCUT2D eigenvalue weighted by molar-refractivity contribution is 5.95. The first-order valence-corrected chi connectivity index (χ1v) is 8.41. The zero-order valence-corrected chi connectivity index (χ0v) is 14.7. The van der Waals surface area contributed by atoms with Gasteiger partial charge in [0.25, 0.3) is 5.91 Å². The van der Waals surface area contributed by atoms with Crippen molar-refractivity contribution in [3.05, 3.63) is 35.4 Å². The predicted molar refractivity (Wildman–Crippen MR) is 92.8 cm³/mol. The van der Waals surface area contributed by atoms with Crippen LogP contribution in [0.2, 0.25) is 0 Å². The fourth-order valence-corrected chi connectivity index (χ4v) is 2.94. The van der Waals surface area contributed by atoms with E-state index in [-0.39, 0.29) is 17.9 Å². The first kappa shape index (κ1) is 18.4. The molecule has 2 amide bonds. The maximum atomic E-state index is 12.5. The summed E-state index contributed by atoms with van der Waals surface area (Å²) in [4.78, 5) is 27.7. The number of β-amino-alcohol motifs (C(OH)–C–C–N with tert-alkyl or cyclic N) is 1. The summed E-state index contributed by atoms with van der Waals surface area (Å²) in [5.74, 6) is -0.129. The number of likely N-dealkylation sites (tertiary alicyclic amines) is 1. The highest BCUT2D eigenvalue weighted by Gasteiger charge is 2.30. The highest BCUT2D eigenvalue weighted by atomic mass is 16.3. The van der Waals surface area contributed by atoms with E-state index in [0.717, 1.165) is 12.0 Å². The van der Waals surface area contributed by atoms with Crippen LogP contribution in [-0.2, 0) is 11.2 Å². The number of hydrogen-bond donors (Lipinski definition) is 2. The molecular weight excluding hydrogens is 306 g/mol. The Bertz CT molecular complexity index is 589. The third-order valence-corrected chi connectivity index (χ3v) is 4.48. The number of benzene rings is 1. The van der Waals surface area contributed by atoms with E-state index < -0.39 is 6.10 Å². The molecule has 2 rings (SSSR count). The minimum atomic E-state index is -0.675. The molecule has 0 radical (unpaired) electrons. The number of amides is 2. The van der Waals surface area contributed by atoms with Gasteiger partial charge in [0.2, 0.25) is 5.91 Å². The number of carbonyl (C=O) groups is 2. The van der Waals surface area contributed by atoms with Crippen molar-refractivity contribution >= 4 is 11.8 Å². The fourth-order valence-electron chi connectivity index (χ4n) is 2.94. The van der Waals surface area contributed by atoms with Gasteiger partial charge in [-0.3, -0.25) is 14.5 Å². The fraction of sp³-hybridized carbons (Fsp3) is 0.556. The minimum absolute atomic E-state index is 0.0153. The van der Waals surface area contributed by atoms with Crippen LogP contribution in [0.1, 0.15) is 29.3 Å². The predicted octanol–water partition coefficient (Wildman–Crippen LogP) is 0.502. The third-order valence-electron chi connectivity index (χ3n) is 4.48. The summed E-state index contributed by atoms with van der Waals surface area (Å²) < 4.78 is 0. The summed E-state index contributed by atoms with van der Waals surface area (Å²) >= 11 is 0. The Morgan fingerprint density at radius 1 is 1.33 bits per heavy atom. The smallest absolute Gasteiger partial charge is 0.251 e. The molecule has 6 heteroatoms. The molecule has 1 aliphatic heterocycles. The van der Waals surface area contributed by atoms with Gasteiger partial charge < -0.3 is 15.3 Å². The van der Waals surface area contributed by atoms with Crippen molar-refractivity contribution in [2.24, 2.45) is 0 Å². The molecule has 0 aromatic heterocycles. The van der Waals surface area contributed by atoms with Crippen LogP contribution in [-0.4, -0.2) is 72.6 Å². The van der Waals surface area contributed by atoms with Gasteiger partial charge in [0.1, 0.15) is 0 Å². The number of aliphatic hydroxyl groups excluding tert-OH is 1. The number of aryl methyl sites for hydroxylation is 1. The van der Waals surface area contributed by atoms with Gasteiger partial charge in [0.15, 0.2) is 0 Å². The van der Waals surface area contributed by atoms with Crippen molar-refractivity contribution in [1.29, 1.82) is 0 Å². The number of hydrogen-bond acceptors (Lipinski definition) is 4. The first-order valence-electron chi connectivity index (χ1n) is 8.41. The van der Waals surface area contributed by atoms with Crippen LogP contribution in [0.4, 0.5) is 0 Å². The molecule has 0 bridgehead atoms. The van der Waals surface area contributed by atoms with Gasteiger partial charge in [-0.05, 0) is 24.5 Å². The van der Waals surface area contributed by atoms with Crippen molar-refractivity contribution in [2.45, 2.75) is 31.9 Å². The maximum absolute atomic E-state index is 12.5. The van der Waals surface area contributed by atoms with Crippen LogP contribution in [0.3, 0.4) is 0 Å². The summed E-state index contributed by atoms with van der Waals surface area (Å²) in [5.41, 5.74) is 1.66. The number of aliphatic hydroxyl groups is 1. The van der Waals surface area contributed by atoms with Crippen molar-refractivity contribution in [3.63, 3.8) is 0 Å². The largest absolute Gasteiger partial charge is 0.390 e. The SMILES string of the molecule is CCc1ccccc1C(=O)N[C@@H]1CCN(CC(=O)N(C)C)C[C@H]1O. The van der Waals surface area contributed by atoms with Crippen molar-refractivity contribution in [1.82, 2.24) is 15.1 Å². The van der Waals surface area contributed by atoms with Crippen molar-refractivity contribution in [2.75, 3.05) is 33.7 Å². The lowest BCUT2D eigenvalue weighted by Gasteiger charge is -2.36. The van der Waals surface area contributed by atoms with Gasteiger partial charge in [-0.1, -0.05) is 25.1 Å². The minimum Gasteiger partial charge on any atom is -0.390 e. The second kappa shape index (κ2) is 8.26. The van der Waals surface area contributed by atoms with E-state index in [2.05, 4.69) is 5.32 Å². The second-order valence-electron chi connectivity index (χ2n) is 6.47. The number of rotatable bonds is 5. The second-order valence-corrected chi connectivity index (χ2v) is 6.47. The highest BCUT2D eigenvalue weighted by Crippen LogP contribution is 2.14. The normalized spacial score (nSPS) is 21.3. The molecule has 1 aromatic carbocycles. The van der Waals surface area contributed by atoms with Crippen LogP contribution in [0.5, 0.6) is 0 Å². The molecular formula is C18H27N3O3. The van der Waals surface area contributed by atoms with Gasteiger partial charge in [-0.2, -0.15) is 0 Å². The maximum Gasteiger partial charge on any atom is 0.251 e. The lowest BCUT2D eigenvalue weighted by atomic mass is 9.99. The van der Waals surface area contributed by atoms with Crippen LogP contribution < -0.4 is 5.32 Å². The van der Waals surface area contributed by atoms with Crippen LogP contribution in [0.15, 0.2) is 24.3 Å². The monoisotopic (exact) mass is 333 g/mol. The van der Waals surface area contributed by atoms with Crippen LogP contribution in [0, 0.1) is 0 Å². The number of nitrogens with zero attached hydrogens (tertiary/aromatic N) is 2. The standard InChI is InChI=1S/C18H27N3O3/c1-4-13-7-5-6-8-14(13)18(24)19-15-9-10-21(11-16(15)22)12-17(23)20(2)3/h5-8,15-16,22H,4,9-12H2,1-3H3,(H,19,24)/t15-,16-/m1/s1. The van der Waals surface area contributed by atoms with E-state index in [4.69, 9.17) is 0 Å². The summed E-state index contributed by atoms with van der Waals surface area (Å²) in [7, 11) is 3.44. The summed E-state index contributed by atoms with van der Waals surface area (Å²) in [6.45, 7) is 3.38. The summed E-state index contributed by atoms with van der Waals surface area (Å²) in [6, 6.07) is 7.24. The Balaban J connectivity index is 1.93. The molecule has 0 saturated carbocycles. The molecule has 0 unspecified atom stereocenters. The van der Waals surface area contributed by atoms with E-state index in [9.17, 15) is 14.7 Å². The van der Waals surface area contributed by atoms with Gasteiger partial charge in [-0.15, -0.1) is 0 Å². The van der Waals surface area contributed by atoms with E-state index in [1.54, 1.807) is 19.0 Å². The molecule has 1 aliphatic rings. The molecule has 24 heavy (non-hydrogen) atoms. The van der Waals surface area contributed by atoms with Gasteiger partial charge in [0.05, 0.1) is 18.7 Å². The van der Waals surface area contributed by atoms with Crippen LogP contribution >= 0.6 is 0 Å². The molecule has 0 spiro atoms. The number of piperidine rings is 1. The Labute approximate surface area is 143 Å². The Hall–Kier alpha value is -1.92. The summed E-state index contributed by atoms with van der Waals surface area (Å²) in [6.07, 6.45) is 0.741. The lowest BCUT2D eigenvalue weighted by molar-refractivity contribution is -0.130. The van der Waals surface area contributed by atoms with Crippen molar-refractivity contribution in [3.8, 4) is 0 Å². The van der Waals surface area contributed by atoms with Gasteiger partial charge in [0, 0.05) is 32.7 Å². The molecule has 1 saturated heterocycles. The third kappa shape index (κ3) is 4.55. The van der Waals surface area contributed by atoms with E-state index in [1.807, 2.05) is 36.1 Å². The average Bonchev–Trinajstić information content (AvgIpc) is 2.57. The number of carbonyl (C=O) groups excluding carboxylic acids is 2. The average molecular weight is 333 g/mol. The van der Waals surface area contributed by atoms with E-state index >= 15 is 0 Å². The van der Waals surface area contributed by atoms with E-state index in [0.29, 0.717) is 31.6 Å². The Morgan fingerprint density at radius 2 is 2.04 bits per heavy atom. The molecule has 1 aromatic rings. The quantitative estimate of drug-likeness (QED) is 0.823. The lowest BCUT2D eigenvalue weighted by Crippen LogP contribution is -2.55.